The number of hydrogen-bond acceptors (Lipinski definition) is 2. The predicted molar refractivity (Wildman–Crippen MR) is 81.3 cm³/mol. The Bertz CT molecular complexity index is 485. The van der Waals surface area contributed by atoms with Crippen LogP contribution in [0.1, 0.15) is 33.1 Å². The molecule has 2 rings (SSSR count). The average Bonchev–Trinajstić information content (AvgIpc) is 2.86. The van der Waals surface area contributed by atoms with Crippen molar-refractivity contribution in [3.8, 4) is 0 Å². The van der Waals surface area contributed by atoms with Crippen LogP contribution < -0.4 is 5.32 Å². The fourth-order valence-electron chi connectivity index (χ4n) is 2.45. The van der Waals surface area contributed by atoms with Gasteiger partial charge < -0.3 is 9.88 Å². The second kappa shape index (κ2) is 7.29. The van der Waals surface area contributed by atoms with Crippen molar-refractivity contribution in [1.29, 1.82) is 0 Å². The zero-order chi connectivity index (χ0) is 13.5. The molecule has 1 aromatic carbocycles. The molecule has 0 aliphatic carbocycles. The lowest BCUT2D eigenvalue weighted by Crippen LogP contribution is -2.23. The largest absolute Gasteiger partial charge is 0.331 e. The fourth-order valence-corrected chi connectivity index (χ4v) is 2.45. The summed E-state index contributed by atoms with van der Waals surface area (Å²) in [5, 5.41) is 3.56. The fraction of sp³-hybridized carbons (Fsp3) is 0.562. The summed E-state index contributed by atoms with van der Waals surface area (Å²) in [4.78, 5) is 4.41. The maximum atomic E-state index is 4.41. The van der Waals surface area contributed by atoms with Gasteiger partial charge in [-0.15, -0.1) is 0 Å². The van der Waals surface area contributed by atoms with Gasteiger partial charge in [-0.2, -0.15) is 0 Å². The molecule has 104 valence electrons. The van der Waals surface area contributed by atoms with E-state index in [9.17, 15) is 0 Å². The van der Waals surface area contributed by atoms with E-state index in [1.807, 2.05) is 12.4 Å². The summed E-state index contributed by atoms with van der Waals surface area (Å²) in [6.45, 7) is 7.82. The second-order valence-electron chi connectivity index (χ2n) is 5.17. The van der Waals surface area contributed by atoms with Crippen LogP contribution in [-0.4, -0.2) is 22.6 Å². The van der Waals surface area contributed by atoms with Crippen molar-refractivity contribution < 1.29 is 0 Å². The molecule has 2 aromatic rings. The van der Waals surface area contributed by atoms with Crippen LogP contribution in [0.25, 0.3) is 11.0 Å². The lowest BCUT2D eigenvalue weighted by molar-refractivity contribution is 0.443. The first-order valence-corrected chi connectivity index (χ1v) is 7.45. The van der Waals surface area contributed by atoms with Gasteiger partial charge in [0, 0.05) is 6.54 Å². The molecule has 19 heavy (non-hydrogen) atoms. The molecular formula is C16H25N3. The Morgan fingerprint density at radius 2 is 2.00 bits per heavy atom. The van der Waals surface area contributed by atoms with Crippen molar-refractivity contribution in [3.05, 3.63) is 30.6 Å². The van der Waals surface area contributed by atoms with Crippen LogP contribution in [0, 0.1) is 5.92 Å². The van der Waals surface area contributed by atoms with Crippen LogP contribution >= 0.6 is 0 Å². The first-order valence-electron chi connectivity index (χ1n) is 7.45. The summed E-state index contributed by atoms with van der Waals surface area (Å²) in [5.74, 6) is 0.828. The van der Waals surface area contributed by atoms with E-state index in [0.29, 0.717) is 0 Å². The lowest BCUT2D eigenvalue weighted by Gasteiger charge is -2.13. The molecule has 3 nitrogen and oxygen atoms in total. The monoisotopic (exact) mass is 259 g/mol. The molecule has 0 bridgehead atoms. The molecule has 0 saturated heterocycles. The van der Waals surface area contributed by atoms with Gasteiger partial charge in [0.25, 0.3) is 0 Å². The highest BCUT2D eigenvalue weighted by Crippen LogP contribution is 2.12. The topological polar surface area (TPSA) is 29.9 Å². The minimum absolute atomic E-state index is 0.828. The molecule has 0 atom stereocenters. The SMILES string of the molecule is CCC(CC)CNCCCn1cnc2ccccc21. The number of aryl methyl sites for hydroxylation is 1. The third-order valence-electron chi connectivity index (χ3n) is 3.87. The van der Waals surface area contributed by atoms with Gasteiger partial charge in [-0.1, -0.05) is 38.8 Å². The van der Waals surface area contributed by atoms with Crippen molar-refractivity contribution in [2.24, 2.45) is 5.92 Å². The molecule has 0 fully saturated rings. The summed E-state index contributed by atoms with van der Waals surface area (Å²) in [6.07, 6.45) is 5.65. The zero-order valence-electron chi connectivity index (χ0n) is 12.1. The Labute approximate surface area is 116 Å². The molecule has 0 unspecified atom stereocenters. The van der Waals surface area contributed by atoms with Crippen LogP contribution in [0.5, 0.6) is 0 Å². The van der Waals surface area contributed by atoms with Gasteiger partial charge in [-0.05, 0) is 37.6 Å². The number of imidazole rings is 1. The van der Waals surface area contributed by atoms with E-state index in [1.165, 1.54) is 18.4 Å². The number of nitrogens with one attached hydrogen (secondary N) is 1. The van der Waals surface area contributed by atoms with Gasteiger partial charge in [-0.25, -0.2) is 4.98 Å². The van der Waals surface area contributed by atoms with E-state index in [4.69, 9.17) is 0 Å². The summed E-state index contributed by atoms with van der Waals surface area (Å²) in [6, 6.07) is 8.32. The smallest absolute Gasteiger partial charge is 0.0958 e. The Kier molecular flexibility index (Phi) is 5.40. The van der Waals surface area contributed by atoms with Gasteiger partial charge in [0.05, 0.1) is 17.4 Å². The van der Waals surface area contributed by atoms with E-state index >= 15 is 0 Å². The van der Waals surface area contributed by atoms with Crippen LogP contribution in [0.3, 0.4) is 0 Å². The first-order chi connectivity index (χ1) is 9.35. The first kappa shape index (κ1) is 14.1. The van der Waals surface area contributed by atoms with Crippen molar-refractivity contribution in [1.82, 2.24) is 14.9 Å². The minimum atomic E-state index is 0.828. The zero-order valence-corrected chi connectivity index (χ0v) is 12.1. The van der Waals surface area contributed by atoms with Crippen molar-refractivity contribution in [2.75, 3.05) is 13.1 Å². The van der Waals surface area contributed by atoms with Crippen LogP contribution in [0.4, 0.5) is 0 Å². The van der Waals surface area contributed by atoms with Gasteiger partial charge in [0.15, 0.2) is 0 Å². The molecule has 0 aliphatic heterocycles. The Balaban J connectivity index is 1.74. The quantitative estimate of drug-likeness (QED) is 0.736. The maximum absolute atomic E-state index is 4.41. The molecular weight excluding hydrogens is 234 g/mol. The molecule has 0 radical (unpaired) electrons. The van der Waals surface area contributed by atoms with E-state index in [-0.39, 0.29) is 0 Å². The van der Waals surface area contributed by atoms with Crippen LogP contribution in [-0.2, 0) is 6.54 Å². The summed E-state index contributed by atoms with van der Waals surface area (Å²) < 4.78 is 2.24. The standard InChI is InChI=1S/C16H25N3/c1-3-14(4-2)12-17-10-7-11-19-13-18-15-8-5-6-9-16(15)19/h5-6,8-9,13-14,17H,3-4,7,10-12H2,1-2H3. The molecule has 1 N–H and O–H groups in total. The Morgan fingerprint density at radius 3 is 2.79 bits per heavy atom. The van der Waals surface area contributed by atoms with Crippen molar-refractivity contribution in [3.63, 3.8) is 0 Å². The molecule has 0 saturated carbocycles. The molecule has 0 spiro atoms. The summed E-state index contributed by atoms with van der Waals surface area (Å²) in [5.41, 5.74) is 2.33. The third-order valence-corrected chi connectivity index (χ3v) is 3.87. The van der Waals surface area contributed by atoms with Crippen molar-refractivity contribution >= 4 is 11.0 Å². The number of para-hydroxylation sites is 2. The van der Waals surface area contributed by atoms with Gasteiger partial charge in [-0.3, -0.25) is 0 Å². The van der Waals surface area contributed by atoms with Gasteiger partial charge in [0.2, 0.25) is 0 Å². The summed E-state index contributed by atoms with van der Waals surface area (Å²) in [7, 11) is 0. The van der Waals surface area contributed by atoms with E-state index in [0.717, 1.165) is 37.5 Å². The molecule has 0 amide bonds. The normalized spacial score (nSPS) is 11.5. The Hall–Kier alpha value is -1.35. The van der Waals surface area contributed by atoms with Crippen molar-refractivity contribution in [2.45, 2.75) is 39.7 Å². The van der Waals surface area contributed by atoms with E-state index < -0.39 is 0 Å². The number of nitrogens with zero attached hydrogens (tertiary/aromatic N) is 2. The Morgan fingerprint density at radius 1 is 1.21 bits per heavy atom. The number of aromatic nitrogens is 2. The lowest BCUT2D eigenvalue weighted by atomic mass is 10.0. The molecule has 0 aliphatic rings. The molecule has 1 heterocycles. The van der Waals surface area contributed by atoms with Gasteiger partial charge >= 0.3 is 0 Å². The number of benzene rings is 1. The van der Waals surface area contributed by atoms with E-state index in [2.05, 4.69) is 46.9 Å². The molecule has 3 heteroatoms. The number of rotatable bonds is 8. The third kappa shape index (κ3) is 3.80. The highest BCUT2D eigenvalue weighted by Gasteiger charge is 2.03. The number of fused-ring (bicyclic) bond motifs is 1. The van der Waals surface area contributed by atoms with Crippen LogP contribution in [0.2, 0.25) is 0 Å². The second-order valence-corrected chi connectivity index (χ2v) is 5.17. The summed E-state index contributed by atoms with van der Waals surface area (Å²) >= 11 is 0. The number of hydrogen-bond donors (Lipinski definition) is 1. The highest BCUT2D eigenvalue weighted by molar-refractivity contribution is 5.74. The minimum Gasteiger partial charge on any atom is -0.331 e. The average molecular weight is 259 g/mol. The maximum Gasteiger partial charge on any atom is 0.0958 e. The predicted octanol–water partition coefficient (Wildman–Crippen LogP) is 3.45. The van der Waals surface area contributed by atoms with Crippen LogP contribution in [0.15, 0.2) is 30.6 Å². The molecule has 1 aromatic heterocycles. The van der Waals surface area contributed by atoms with E-state index in [1.54, 1.807) is 0 Å². The van der Waals surface area contributed by atoms with Gasteiger partial charge in [0.1, 0.15) is 0 Å². The highest BCUT2D eigenvalue weighted by atomic mass is 15.0.